The first-order valence-corrected chi connectivity index (χ1v) is 29.0. The Morgan fingerprint density at radius 3 is 1.81 bits per heavy atom. The van der Waals surface area contributed by atoms with Gasteiger partial charge in [-0.05, 0) is 119 Å². The van der Waals surface area contributed by atoms with Crippen molar-refractivity contribution in [2.45, 2.75) is 26.2 Å². The predicted molar refractivity (Wildman–Crippen MR) is 351 cm³/mol. The van der Waals surface area contributed by atoms with Crippen LogP contribution in [0.5, 0.6) is 0 Å². The molecule has 86 heavy (non-hydrogen) atoms. The van der Waals surface area contributed by atoms with E-state index in [4.69, 9.17) is 9.40 Å². The maximum atomic E-state index is 7.48. The standard InChI is InChI=1S/C78H50N6O.Pt/c1-78(2,3)50-38-39-79-75(42-50)83-68-34-12-10-28-62(68)66-44-72-74(45-71(66)83)85-53-21-15-19-51(43-53)80-46-73-59-25-7-6-23-57(59)56-22-4-5-24-58(56)64-31-16-29-54(76(64)81(73)47-80)48-18-14-20-52(40-48)82-67-33-11-8-26-60(67)63-37-36-49(41-70(63)82)55-30-17-32-65-61-27-9-13-35-69(61)84(72)77(55)65;/h4-42,44,46H,1-3H3;/q-2;. The van der Waals surface area contributed by atoms with Gasteiger partial charge in [-0.25, -0.2) is 4.98 Å². The Balaban J connectivity index is 0.00000578. The van der Waals surface area contributed by atoms with E-state index >= 15 is 0 Å². The zero-order valence-electron chi connectivity index (χ0n) is 47.1. The summed E-state index contributed by atoms with van der Waals surface area (Å²) in [5.74, 6) is 0.815. The molecule has 7 nitrogen and oxygen atoms in total. The number of hydrogen-bond donors (Lipinski definition) is 0. The van der Waals surface area contributed by atoms with Gasteiger partial charge in [-0.3, -0.25) is 4.40 Å². The molecule has 0 spiro atoms. The van der Waals surface area contributed by atoms with Crippen LogP contribution in [0.4, 0.5) is 0 Å². The van der Waals surface area contributed by atoms with Crippen LogP contribution in [0, 0.1) is 18.5 Å². The van der Waals surface area contributed by atoms with Gasteiger partial charge in [-0.2, -0.15) is 12.1 Å². The Hall–Kier alpha value is -10.3. The number of rotatable bonds is 1. The second-order valence-corrected chi connectivity index (χ2v) is 23.6. The van der Waals surface area contributed by atoms with Crippen LogP contribution in [0.3, 0.4) is 0 Å². The van der Waals surface area contributed by atoms with Crippen LogP contribution >= 0.6 is 0 Å². The maximum Gasteiger partial charge on any atom is 0.267 e. The Morgan fingerprint density at radius 2 is 1.03 bits per heavy atom. The number of hydrogen-bond acceptors (Lipinski definition) is 2. The minimum absolute atomic E-state index is 0. The quantitative estimate of drug-likeness (QED) is 0.121. The molecule has 7 heterocycles. The molecule has 8 bridgehead atoms. The molecule has 0 radical (unpaired) electrons. The summed E-state index contributed by atoms with van der Waals surface area (Å²) < 4.78 is 18.9. The van der Waals surface area contributed by atoms with E-state index < -0.39 is 0 Å². The van der Waals surface area contributed by atoms with E-state index in [1.165, 1.54) is 21.7 Å². The van der Waals surface area contributed by atoms with Gasteiger partial charge in [0.1, 0.15) is 5.82 Å². The van der Waals surface area contributed by atoms with Gasteiger partial charge in [0, 0.05) is 88.1 Å². The fourth-order valence-electron chi connectivity index (χ4n) is 13.9. The normalized spacial score (nSPS) is 12.3. The molecule has 8 heteroatoms. The van der Waals surface area contributed by atoms with Crippen LogP contribution < -0.4 is 4.40 Å². The fourth-order valence-corrected chi connectivity index (χ4v) is 13.9. The van der Waals surface area contributed by atoms with Crippen LogP contribution in [0.15, 0.2) is 253 Å². The molecule has 7 aromatic heterocycles. The van der Waals surface area contributed by atoms with Gasteiger partial charge < -0.3 is 22.2 Å². The average Bonchev–Trinajstić information content (AvgIpc) is 1.60. The van der Waals surface area contributed by atoms with Crippen molar-refractivity contribution in [2.24, 2.45) is 0 Å². The van der Waals surface area contributed by atoms with Gasteiger partial charge in [0.2, 0.25) is 0 Å². The van der Waals surface area contributed by atoms with Crippen molar-refractivity contribution in [1.82, 2.24) is 22.8 Å². The van der Waals surface area contributed by atoms with Gasteiger partial charge in [-0.1, -0.05) is 195 Å². The van der Waals surface area contributed by atoms with Crippen molar-refractivity contribution in [3.63, 3.8) is 0 Å². The summed E-state index contributed by atoms with van der Waals surface area (Å²) in [6.45, 7) is 6.74. The molecule has 18 rings (SSSR count). The molecular weight excluding hydrogens is 1230 g/mol. The molecule has 0 aliphatic heterocycles. The summed E-state index contributed by atoms with van der Waals surface area (Å²) in [6.07, 6.45) is 8.04. The van der Waals surface area contributed by atoms with E-state index in [0.29, 0.717) is 11.2 Å². The SMILES string of the molecule is CC(C)(C)c1ccnc(-n2c3[c-]c4oc5[c-]c(ccc5)n5[c-][n+]6c(c5)c5ccccc5c5ccccc5c5cccc(c7cccc(c7)n7c8ccccc8c8ccc(cc87)c7cccc8c9ccccc9n(c4cc3c3ccccc32)c78)c56)c1.[Pt]. The number of benzene rings is 11. The number of para-hydroxylation sites is 5. The van der Waals surface area contributed by atoms with Crippen molar-refractivity contribution in [3.05, 3.63) is 273 Å². The Morgan fingerprint density at radius 1 is 0.442 bits per heavy atom. The molecule has 0 saturated heterocycles. The van der Waals surface area contributed by atoms with E-state index in [1.54, 1.807) is 0 Å². The molecule has 0 atom stereocenters. The molecule has 0 N–H and O–H groups in total. The van der Waals surface area contributed by atoms with Crippen LogP contribution in [0.1, 0.15) is 26.3 Å². The maximum absolute atomic E-state index is 7.48. The molecule has 18 aromatic rings. The van der Waals surface area contributed by atoms with Crippen LogP contribution in [-0.2, 0) is 26.5 Å². The molecule has 410 valence electrons. The smallest absolute Gasteiger partial charge is 0.267 e. The van der Waals surface area contributed by atoms with Crippen molar-refractivity contribution in [1.29, 1.82) is 0 Å². The summed E-state index contributed by atoms with van der Waals surface area (Å²) in [7, 11) is 0. The number of pyridine rings is 1. The zero-order valence-corrected chi connectivity index (χ0v) is 49.4. The number of aromatic nitrogens is 6. The van der Waals surface area contributed by atoms with Crippen molar-refractivity contribution in [3.8, 4) is 5.82 Å². The number of nitrogens with zero attached hydrogens (tertiary/aromatic N) is 6. The molecule has 0 aliphatic rings. The van der Waals surface area contributed by atoms with E-state index in [0.717, 1.165) is 131 Å². The predicted octanol–water partition coefficient (Wildman–Crippen LogP) is 19.3. The molecule has 0 unspecified atom stereocenters. The van der Waals surface area contributed by atoms with Gasteiger partial charge in [0.15, 0.2) is 0 Å². The molecule has 11 aromatic carbocycles. The molecule has 0 aliphatic carbocycles. The topological polar surface area (TPSA) is 48.3 Å². The molecule has 0 amide bonds. The first kappa shape index (κ1) is 50.2. The van der Waals surface area contributed by atoms with Gasteiger partial charge >= 0.3 is 0 Å². The average molecular weight is 1280 g/mol. The second kappa shape index (κ2) is 18.8. The summed E-state index contributed by atoms with van der Waals surface area (Å²) in [4.78, 5) is 5.08. The fraction of sp³-hybridized carbons (Fsp3) is 0.0513. The third-order valence-electron chi connectivity index (χ3n) is 17.7. The monoisotopic (exact) mass is 1280 g/mol. The summed E-state index contributed by atoms with van der Waals surface area (Å²) >= 11 is 0. The molecule has 0 saturated carbocycles. The Kier molecular flexibility index (Phi) is 11.0. The van der Waals surface area contributed by atoms with E-state index in [-0.39, 0.29) is 26.5 Å². The zero-order chi connectivity index (χ0) is 56.2. The van der Waals surface area contributed by atoms with Crippen molar-refractivity contribution < 1.29 is 29.9 Å². The Bertz CT molecular complexity index is 6170. The Labute approximate surface area is 507 Å². The third-order valence-corrected chi connectivity index (χ3v) is 17.7. The third kappa shape index (κ3) is 7.38. The largest absolute Gasteiger partial charge is 0.508 e. The van der Waals surface area contributed by atoms with Gasteiger partial charge in [-0.15, -0.1) is 24.3 Å². The van der Waals surface area contributed by atoms with Gasteiger partial charge in [0.25, 0.3) is 6.33 Å². The minimum atomic E-state index is -0.105. The second-order valence-electron chi connectivity index (χ2n) is 23.6. The minimum Gasteiger partial charge on any atom is -0.508 e. The summed E-state index contributed by atoms with van der Waals surface area (Å²) in [5, 5.41) is 16.8. The molecular formula is C78H50N6OPt-2. The van der Waals surface area contributed by atoms with E-state index in [1.807, 2.05) is 18.3 Å². The van der Waals surface area contributed by atoms with Gasteiger partial charge in [0.05, 0.1) is 27.6 Å². The first-order chi connectivity index (χ1) is 41.8. The summed E-state index contributed by atoms with van der Waals surface area (Å²) in [5.41, 5.74) is 13.1. The van der Waals surface area contributed by atoms with E-state index in [2.05, 4.69) is 292 Å². The summed E-state index contributed by atoms with van der Waals surface area (Å²) in [6, 6.07) is 93.8. The number of fused-ring (bicyclic) bond motifs is 26. The van der Waals surface area contributed by atoms with Crippen LogP contribution in [-0.4, -0.2) is 22.8 Å². The van der Waals surface area contributed by atoms with Crippen LogP contribution in [0.25, 0.3) is 158 Å². The number of imidazole rings is 1. The van der Waals surface area contributed by atoms with Crippen molar-refractivity contribution >= 4 is 153 Å². The van der Waals surface area contributed by atoms with Crippen LogP contribution in [0.2, 0.25) is 0 Å². The first-order valence-electron chi connectivity index (χ1n) is 29.0. The van der Waals surface area contributed by atoms with E-state index in [9.17, 15) is 0 Å². The molecule has 0 fully saturated rings. The van der Waals surface area contributed by atoms with Crippen molar-refractivity contribution in [2.75, 3.05) is 0 Å².